The molecule has 9 nitrogen and oxygen atoms in total. The van der Waals surface area contributed by atoms with Gasteiger partial charge in [-0.3, -0.25) is 0 Å². The summed E-state index contributed by atoms with van der Waals surface area (Å²) in [5.74, 6) is 1.04. The smallest absolute Gasteiger partial charge is 0.214 e. The molecule has 182 valence electrons. The van der Waals surface area contributed by atoms with Gasteiger partial charge in [-0.05, 0) is 49.8 Å². The molecule has 1 aliphatic carbocycles. The van der Waals surface area contributed by atoms with Crippen LogP contribution in [0.5, 0.6) is 0 Å². The predicted octanol–water partition coefficient (Wildman–Crippen LogP) is 2.44. The molecule has 0 atom stereocenters. The van der Waals surface area contributed by atoms with Gasteiger partial charge in [0.2, 0.25) is 10.0 Å². The number of aromatic amines is 1. The second kappa shape index (κ2) is 8.94. The molecule has 5 rings (SSSR count). The predicted molar refractivity (Wildman–Crippen MR) is 131 cm³/mol. The van der Waals surface area contributed by atoms with E-state index >= 15 is 0 Å². The van der Waals surface area contributed by atoms with E-state index in [1.165, 1.54) is 4.31 Å². The molecule has 0 amide bonds. The maximum atomic E-state index is 12.9. The van der Waals surface area contributed by atoms with Crippen LogP contribution < -0.4 is 4.90 Å². The molecule has 0 bridgehead atoms. The summed E-state index contributed by atoms with van der Waals surface area (Å²) < 4.78 is 52.7. The highest BCUT2D eigenvalue weighted by molar-refractivity contribution is 7.92. The van der Waals surface area contributed by atoms with E-state index in [0.29, 0.717) is 0 Å². The van der Waals surface area contributed by atoms with Crippen molar-refractivity contribution in [2.45, 2.75) is 41.9 Å². The molecule has 2 fully saturated rings. The molecule has 2 aliphatic rings. The first kappa shape index (κ1) is 23.3. The number of fused-ring (bicyclic) bond motifs is 1. The number of hydrogen-bond acceptors (Lipinski definition) is 7. The maximum Gasteiger partial charge on any atom is 0.214 e. The van der Waals surface area contributed by atoms with Crippen LogP contribution in [0.4, 0.5) is 5.82 Å². The lowest BCUT2D eigenvalue weighted by molar-refractivity contribution is 0.296. The van der Waals surface area contributed by atoms with Crippen molar-refractivity contribution in [3.05, 3.63) is 48.9 Å². The van der Waals surface area contributed by atoms with Crippen LogP contribution in [0.15, 0.2) is 53.8 Å². The van der Waals surface area contributed by atoms with Crippen molar-refractivity contribution in [3.63, 3.8) is 0 Å². The van der Waals surface area contributed by atoms with Gasteiger partial charge in [-0.15, -0.1) is 0 Å². The first-order valence-electron chi connectivity index (χ1n) is 11.5. The zero-order valence-electron chi connectivity index (χ0n) is 19.0. The Bertz CT molecular complexity index is 1360. The summed E-state index contributed by atoms with van der Waals surface area (Å²) in [6, 6.07) is 10.5. The number of anilines is 1. The number of hydrogen-bond donors (Lipinski definition) is 1. The van der Waals surface area contributed by atoms with Gasteiger partial charge < -0.3 is 9.88 Å². The number of sulfonamides is 1. The molecular formula is C23H29N5O4S2. The van der Waals surface area contributed by atoms with E-state index in [2.05, 4.69) is 19.9 Å². The molecule has 34 heavy (non-hydrogen) atoms. The molecular weight excluding hydrogens is 474 g/mol. The average Bonchev–Trinajstić information content (AvgIpc) is 3.27. The molecule has 2 aromatic heterocycles. The van der Waals surface area contributed by atoms with E-state index in [1.807, 2.05) is 19.3 Å². The fourth-order valence-electron chi connectivity index (χ4n) is 5.04. The summed E-state index contributed by atoms with van der Waals surface area (Å²) in [5, 5.41) is 0.305. The van der Waals surface area contributed by atoms with E-state index in [1.54, 1.807) is 36.7 Å². The van der Waals surface area contributed by atoms with Crippen LogP contribution in [0.25, 0.3) is 11.0 Å². The SMILES string of the molecule is CN(c1ncnc2[nH]ccc12)C1CCC(CS(=O)(=O)N2CC(S(=O)(=O)c3ccccc3)C2)CC1. The molecule has 1 saturated heterocycles. The standard InChI is InChI=1S/C23H29N5O4S2/c1-27(23-21-11-12-24-22(21)25-16-26-23)18-9-7-17(8-10-18)15-33(29,30)28-13-20(14-28)34(31,32)19-5-3-2-4-6-19/h2-6,11-12,16-18,20H,7-10,13-15H2,1H3,(H,24,25,26). The number of nitrogens with one attached hydrogen (secondary N) is 1. The second-order valence-corrected chi connectivity index (χ2v) is 13.5. The molecule has 1 saturated carbocycles. The van der Waals surface area contributed by atoms with Gasteiger partial charge in [0.15, 0.2) is 9.84 Å². The Balaban J connectivity index is 1.16. The molecule has 0 unspecified atom stereocenters. The number of H-pyrrole nitrogens is 1. The fourth-order valence-corrected chi connectivity index (χ4v) is 8.86. The van der Waals surface area contributed by atoms with Crippen molar-refractivity contribution in [1.82, 2.24) is 19.3 Å². The molecule has 3 aromatic rings. The van der Waals surface area contributed by atoms with Gasteiger partial charge in [-0.1, -0.05) is 18.2 Å². The van der Waals surface area contributed by atoms with Gasteiger partial charge in [-0.25, -0.2) is 26.8 Å². The molecule has 1 aliphatic heterocycles. The average molecular weight is 504 g/mol. The highest BCUT2D eigenvalue weighted by Crippen LogP contribution is 2.33. The minimum Gasteiger partial charge on any atom is -0.356 e. The molecule has 0 spiro atoms. The van der Waals surface area contributed by atoms with Crippen LogP contribution >= 0.6 is 0 Å². The number of benzene rings is 1. The summed E-state index contributed by atoms with van der Waals surface area (Å²) >= 11 is 0. The first-order chi connectivity index (χ1) is 16.3. The topological polar surface area (TPSA) is 116 Å². The molecule has 11 heteroatoms. The molecule has 0 radical (unpaired) electrons. The third-order valence-electron chi connectivity index (χ3n) is 7.20. The lowest BCUT2D eigenvalue weighted by Crippen LogP contribution is -2.57. The van der Waals surface area contributed by atoms with Gasteiger partial charge in [0, 0.05) is 32.4 Å². The van der Waals surface area contributed by atoms with E-state index in [4.69, 9.17) is 0 Å². The fraction of sp³-hybridized carbons (Fsp3) is 0.478. The summed E-state index contributed by atoms with van der Waals surface area (Å²) in [4.78, 5) is 14.2. The number of rotatable bonds is 7. The van der Waals surface area contributed by atoms with Crippen LogP contribution in [-0.2, 0) is 19.9 Å². The lowest BCUT2D eigenvalue weighted by Gasteiger charge is -2.39. The van der Waals surface area contributed by atoms with E-state index in [-0.39, 0.29) is 35.7 Å². The van der Waals surface area contributed by atoms with Gasteiger partial charge in [0.1, 0.15) is 17.8 Å². The van der Waals surface area contributed by atoms with Crippen molar-refractivity contribution in [2.75, 3.05) is 30.8 Å². The second-order valence-electron chi connectivity index (χ2n) is 9.30. The third-order valence-corrected chi connectivity index (χ3v) is 11.3. The van der Waals surface area contributed by atoms with Crippen LogP contribution in [0.1, 0.15) is 25.7 Å². The van der Waals surface area contributed by atoms with Crippen LogP contribution in [0.3, 0.4) is 0 Å². The van der Waals surface area contributed by atoms with Crippen LogP contribution in [0.2, 0.25) is 0 Å². The Morgan fingerprint density at radius 1 is 1.00 bits per heavy atom. The summed E-state index contributed by atoms with van der Waals surface area (Å²) in [6.45, 7) is 0.0794. The van der Waals surface area contributed by atoms with Crippen molar-refractivity contribution >= 4 is 36.7 Å². The van der Waals surface area contributed by atoms with Crippen molar-refractivity contribution in [1.29, 1.82) is 0 Å². The Hall–Kier alpha value is -2.50. The maximum absolute atomic E-state index is 12.9. The number of nitrogens with zero attached hydrogens (tertiary/aromatic N) is 4. The van der Waals surface area contributed by atoms with Crippen LogP contribution in [0, 0.1) is 5.92 Å². The lowest BCUT2D eigenvalue weighted by atomic mass is 9.86. The normalized spacial score (nSPS) is 22.5. The van der Waals surface area contributed by atoms with Crippen LogP contribution in [-0.4, -0.2) is 73.3 Å². The summed E-state index contributed by atoms with van der Waals surface area (Å²) in [5.41, 5.74) is 0.804. The third kappa shape index (κ3) is 4.32. The van der Waals surface area contributed by atoms with Gasteiger partial charge in [0.05, 0.1) is 21.3 Å². The van der Waals surface area contributed by atoms with E-state index in [9.17, 15) is 16.8 Å². The Labute approximate surface area is 200 Å². The molecule has 1 aromatic carbocycles. The molecule has 1 N–H and O–H groups in total. The van der Waals surface area contributed by atoms with E-state index in [0.717, 1.165) is 42.5 Å². The molecule has 3 heterocycles. The zero-order valence-corrected chi connectivity index (χ0v) is 20.7. The largest absolute Gasteiger partial charge is 0.356 e. The summed E-state index contributed by atoms with van der Waals surface area (Å²) in [6.07, 6.45) is 6.81. The number of aromatic nitrogens is 3. The minimum absolute atomic E-state index is 0.0397. The highest BCUT2D eigenvalue weighted by Gasteiger charge is 2.44. The number of sulfone groups is 1. The Morgan fingerprint density at radius 3 is 2.41 bits per heavy atom. The van der Waals surface area contributed by atoms with Gasteiger partial charge in [-0.2, -0.15) is 4.31 Å². The van der Waals surface area contributed by atoms with E-state index < -0.39 is 25.1 Å². The summed E-state index contributed by atoms with van der Waals surface area (Å²) in [7, 11) is -4.95. The van der Waals surface area contributed by atoms with Gasteiger partial charge >= 0.3 is 0 Å². The Morgan fingerprint density at radius 2 is 1.71 bits per heavy atom. The zero-order chi connectivity index (χ0) is 23.9. The quantitative estimate of drug-likeness (QED) is 0.526. The highest BCUT2D eigenvalue weighted by atomic mass is 32.2. The first-order valence-corrected chi connectivity index (χ1v) is 14.7. The Kier molecular flexibility index (Phi) is 6.11. The monoisotopic (exact) mass is 503 g/mol. The minimum atomic E-state index is -3.51. The van der Waals surface area contributed by atoms with Crippen molar-refractivity contribution in [2.24, 2.45) is 5.92 Å². The van der Waals surface area contributed by atoms with Crippen molar-refractivity contribution in [3.8, 4) is 0 Å². The van der Waals surface area contributed by atoms with Gasteiger partial charge in [0.25, 0.3) is 0 Å². The van der Waals surface area contributed by atoms with Crippen molar-refractivity contribution < 1.29 is 16.8 Å².